The smallest absolute Gasteiger partial charge is 0.237 e. The Kier molecular flexibility index (Phi) is 5.69. The van der Waals surface area contributed by atoms with Gasteiger partial charge in [-0.3, -0.25) is 9.36 Å². The van der Waals surface area contributed by atoms with E-state index in [-0.39, 0.29) is 5.91 Å². The first kappa shape index (κ1) is 19.3. The zero-order chi connectivity index (χ0) is 20.2. The van der Waals surface area contributed by atoms with Crippen LogP contribution in [0.15, 0.2) is 82.6 Å². The summed E-state index contributed by atoms with van der Waals surface area (Å²) in [7, 11) is 0. The zero-order valence-electron chi connectivity index (χ0n) is 15.4. The molecule has 4 rings (SSSR count). The molecule has 2 aromatic heterocycles. The molecule has 0 aliphatic rings. The average Bonchev–Trinajstić information content (AvgIpc) is 3.38. The summed E-state index contributed by atoms with van der Waals surface area (Å²) in [5.41, 5.74) is 1.53. The Hall–Kier alpha value is -3.03. The van der Waals surface area contributed by atoms with Crippen molar-refractivity contribution < 1.29 is 9.21 Å². The predicted octanol–water partition coefficient (Wildman–Crippen LogP) is 5.30. The summed E-state index contributed by atoms with van der Waals surface area (Å²) in [5.74, 6) is 1.02. The molecule has 2 aromatic carbocycles. The first-order valence-electron chi connectivity index (χ1n) is 8.89. The Labute approximate surface area is 176 Å². The maximum Gasteiger partial charge on any atom is 0.237 e. The van der Waals surface area contributed by atoms with Gasteiger partial charge in [0.15, 0.2) is 10.9 Å². The molecular weight excluding hydrogens is 408 g/mol. The average molecular weight is 425 g/mol. The molecule has 1 atom stereocenters. The quantitative estimate of drug-likeness (QED) is 0.425. The molecule has 8 heteroatoms. The highest BCUT2D eigenvalue weighted by Crippen LogP contribution is 2.30. The summed E-state index contributed by atoms with van der Waals surface area (Å²) in [4.78, 5) is 12.7. The lowest BCUT2D eigenvalue weighted by molar-refractivity contribution is -0.115. The molecule has 29 heavy (non-hydrogen) atoms. The van der Waals surface area contributed by atoms with Gasteiger partial charge in [0.2, 0.25) is 11.7 Å². The van der Waals surface area contributed by atoms with Gasteiger partial charge in [-0.2, -0.15) is 0 Å². The van der Waals surface area contributed by atoms with Crippen LogP contribution in [0.3, 0.4) is 0 Å². The van der Waals surface area contributed by atoms with E-state index in [4.69, 9.17) is 16.0 Å². The summed E-state index contributed by atoms with van der Waals surface area (Å²) >= 11 is 7.31. The molecule has 0 saturated carbocycles. The van der Waals surface area contributed by atoms with Crippen molar-refractivity contribution in [2.24, 2.45) is 0 Å². The maximum absolute atomic E-state index is 12.7. The van der Waals surface area contributed by atoms with E-state index in [1.54, 1.807) is 36.6 Å². The topological polar surface area (TPSA) is 73.0 Å². The normalized spacial score (nSPS) is 11.9. The van der Waals surface area contributed by atoms with Crippen molar-refractivity contribution in [2.75, 3.05) is 5.32 Å². The number of hydrogen-bond acceptors (Lipinski definition) is 5. The number of nitrogens with zero attached hydrogens (tertiary/aromatic N) is 3. The third-order valence-corrected chi connectivity index (χ3v) is 5.41. The highest BCUT2D eigenvalue weighted by molar-refractivity contribution is 8.00. The summed E-state index contributed by atoms with van der Waals surface area (Å²) in [6.45, 7) is 1.82. The molecule has 0 radical (unpaired) electrons. The second kappa shape index (κ2) is 8.55. The molecule has 1 unspecified atom stereocenters. The lowest BCUT2D eigenvalue weighted by Crippen LogP contribution is -2.22. The van der Waals surface area contributed by atoms with Crippen LogP contribution in [0, 0.1) is 0 Å². The van der Waals surface area contributed by atoms with Gasteiger partial charge in [0.25, 0.3) is 0 Å². The van der Waals surface area contributed by atoms with Gasteiger partial charge in [0.1, 0.15) is 0 Å². The van der Waals surface area contributed by atoms with E-state index in [2.05, 4.69) is 15.5 Å². The zero-order valence-corrected chi connectivity index (χ0v) is 17.0. The number of rotatable bonds is 6. The van der Waals surface area contributed by atoms with E-state index in [1.807, 2.05) is 47.9 Å². The number of hydrogen-bond donors (Lipinski definition) is 1. The molecular formula is C21H17ClN4O2S. The van der Waals surface area contributed by atoms with E-state index in [9.17, 15) is 4.79 Å². The first-order valence-corrected chi connectivity index (χ1v) is 10.2. The van der Waals surface area contributed by atoms with Crippen LogP contribution in [0.4, 0.5) is 5.69 Å². The second-order valence-electron chi connectivity index (χ2n) is 6.21. The molecule has 2 heterocycles. The highest BCUT2D eigenvalue weighted by atomic mass is 35.5. The number of halogens is 1. The molecule has 4 aromatic rings. The molecule has 1 N–H and O–H groups in total. The molecule has 0 bridgehead atoms. The number of nitrogens with one attached hydrogen (secondary N) is 1. The summed E-state index contributed by atoms with van der Waals surface area (Å²) in [6, 6.07) is 20.4. The van der Waals surface area contributed by atoms with Crippen LogP contribution in [0.2, 0.25) is 5.02 Å². The maximum atomic E-state index is 12.7. The molecule has 0 fully saturated rings. The number of aromatic nitrogens is 3. The molecule has 0 spiro atoms. The van der Waals surface area contributed by atoms with E-state index in [1.165, 1.54) is 11.8 Å². The van der Waals surface area contributed by atoms with E-state index < -0.39 is 5.25 Å². The lowest BCUT2D eigenvalue weighted by atomic mass is 10.3. The molecule has 1 amide bonds. The monoisotopic (exact) mass is 424 g/mol. The van der Waals surface area contributed by atoms with Crippen molar-refractivity contribution in [1.82, 2.24) is 14.8 Å². The summed E-state index contributed by atoms with van der Waals surface area (Å²) in [6.07, 6.45) is 1.59. The van der Waals surface area contributed by atoms with Gasteiger partial charge in [-0.05, 0) is 49.4 Å². The van der Waals surface area contributed by atoms with Gasteiger partial charge in [-0.25, -0.2) is 0 Å². The largest absolute Gasteiger partial charge is 0.461 e. The number of amides is 1. The third kappa shape index (κ3) is 4.36. The Morgan fingerprint density at radius 1 is 1.10 bits per heavy atom. The number of carbonyl (C=O) groups is 1. The van der Waals surface area contributed by atoms with Crippen molar-refractivity contribution in [2.45, 2.75) is 17.3 Å². The fourth-order valence-electron chi connectivity index (χ4n) is 2.74. The van der Waals surface area contributed by atoms with Gasteiger partial charge in [-0.15, -0.1) is 10.2 Å². The minimum atomic E-state index is -0.412. The number of carbonyl (C=O) groups excluding carboxylic acids is 1. The van der Waals surface area contributed by atoms with Gasteiger partial charge in [-0.1, -0.05) is 47.6 Å². The van der Waals surface area contributed by atoms with Crippen molar-refractivity contribution in [3.63, 3.8) is 0 Å². The van der Waals surface area contributed by atoms with Gasteiger partial charge in [0, 0.05) is 16.4 Å². The second-order valence-corrected chi connectivity index (χ2v) is 7.96. The minimum absolute atomic E-state index is 0.153. The third-order valence-electron chi connectivity index (χ3n) is 4.13. The van der Waals surface area contributed by atoms with Gasteiger partial charge < -0.3 is 9.73 Å². The number of thioether (sulfide) groups is 1. The Morgan fingerprint density at radius 2 is 1.93 bits per heavy atom. The Morgan fingerprint density at radius 3 is 2.66 bits per heavy atom. The number of anilines is 1. The van der Waals surface area contributed by atoms with Gasteiger partial charge >= 0.3 is 0 Å². The summed E-state index contributed by atoms with van der Waals surface area (Å²) < 4.78 is 7.39. The van der Waals surface area contributed by atoms with Crippen molar-refractivity contribution >= 4 is 35.0 Å². The van der Waals surface area contributed by atoms with Crippen LogP contribution < -0.4 is 5.32 Å². The van der Waals surface area contributed by atoms with Crippen LogP contribution >= 0.6 is 23.4 Å². The molecule has 146 valence electrons. The number of furan rings is 1. The molecule has 0 aliphatic heterocycles. The van der Waals surface area contributed by atoms with E-state index in [0.717, 1.165) is 5.69 Å². The first-order chi connectivity index (χ1) is 14.1. The number of para-hydroxylation sites is 1. The van der Waals surface area contributed by atoms with Crippen molar-refractivity contribution in [3.05, 3.63) is 78.0 Å². The number of benzene rings is 2. The van der Waals surface area contributed by atoms with Crippen LogP contribution in [0.25, 0.3) is 17.3 Å². The van der Waals surface area contributed by atoms with Gasteiger partial charge in [0.05, 0.1) is 11.5 Å². The van der Waals surface area contributed by atoms with E-state index in [0.29, 0.717) is 27.5 Å². The van der Waals surface area contributed by atoms with Crippen molar-refractivity contribution in [3.8, 4) is 17.3 Å². The Bertz CT molecular complexity index is 1110. The fourth-order valence-corrected chi connectivity index (χ4v) is 3.80. The highest BCUT2D eigenvalue weighted by Gasteiger charge is 2.23. The minimum Gasteiger partial charge on any atom is -0.461 e. The Balaban J connectivity index is 1.60. The predicted molar refractivity (Wildman–Crippen MR) is 114 cm³/mol. The molecule has 6 nitrogen and oxygen atoms in total. The summed E-state index contributed by atoms with van der Waals surface area (Å²) in [5, 5.41) is 12.2. The fraction of sp³-hybridized carbons (Fsp3) is 0.0952. The van der Waals surface area contributed by atoms with E-state index >= 15 is 0 Å². The van der Waals surface area contributed by atoms with Crippen LogP contribution in [-0.2, 0) is 4.79 Å². The van der Waals surface area contributed by atoms with Crippen LogP contribution in [0.5, 0.6) is 0 Å². The molecule has 0 aliphatic carbocycles. The van der Waals surface area contributed by atoms with Crippen LogP contribution in [-0.4, -0.2) is 25.9 Å². The van der Waals surface area contributed by atoms with Crippen molar-refractivity contribution in [1.29, 1.82) is 0 Å². The SMILES string of the molecule is CC(Sc1nnc(-c2ccco2)n1-c1ccccc1)C(=O)Nc1cccc(Cl)c1. The molecule has 0 saturated heterocycles. The lowest BCUT2D eigenvalue weighted by Gasteiger charge is -2.13. The standard InChI is InChI=1S/C21H17ClN4O2S/c1-14(20(27)23-16-8-5-7-15(22)13-16)29-21-25-24-19(18-11-6-12-28-18)26(21)17-9-3-2-4-10-17/h2-14H,1H3,(H,23,27). The van der Waals surface area contributed by atoms with Crippen LogP contribution in [0.1, 0.15) is 6.92 Å².